The van der Waals surface area contributed by atoms with Gasteiger partial charge in [-0.05, 0) is 6.07 Å². The van der Waals surface area contributed by atoms with Crippen LogP contribution in [0.4, 0.5) is 4.39 Å². The van der Waals surface area contributed by atoms with E-state index < -0.39 is 12.0 Å². The summed E-state index contributed by atoms with van der Waals surface area (Å²) in [4.78, 5) is 16.4. The van der Waals surface area contributed by atoms with Crippen molar-refractivity contribution in [2.75, 3.05) is 0 Å². The lowest BCUT2D eigenvalue weighted by Crippen LogP contribution is -2.13. The molecule has 1 aromatic rings. The van der Waals surface area contributed by atoms with Gasteiger partial charge in [-0.25, -0.2) is 4.98 Å². The van der Waals surface area contributed by atoms with Crippen molar-refractivity contribution in [3.8, 4) is 0 Å². The summed E-state index contributed by atoms with van der Waals surface area (Å²) in [6.07, 6.45) is 1.12. The van der Waals surface area contributed by atoms with Crippen LogP contribution in [0.25, 0.3) is 0 Å². The molecule has 0 fully saturated rings. The molecule has 0 unspecified atom stereocenters. The zero-order valence-electron chi connectivity index (χ0n) is 4.84. The minimum Gasteiger partial charge on any atom is -0.364 e. The average molecular weight is 140 g/mol. The van der Waals surface area contributed by atoms with E-state index in [9.17, 15) is 9.18 Å². The highest BCUT2D eigenvalue weighted by atomic mass is 19.1. The number of hydrogen-bond donors (Lipinski definition) is 1. The Morgan fingerprint density at radius 2 is 2.50 bits per heavy atom. The molecule has 0 aliphatic heterocycles. The van der Waals surface area contributed by atoms with Gasteiger partial charge in [-0.15, -0.1) is 0 Å². The molecule has 1 rings (SSSR count). The number of carbonyl (C=O) groups excluding carboxylic acids is 1. The van der Waals surface area contributed by atoms with Crippen molar-refractivity contribution in [1.82, 2.24) is 9.97 Å². The Morgan fingerprint density at radius 1 is 1.80 bits per heavy atom. The first-order valence-corrected chi connectivity index (χ1v) is 2.40. The van der Waals surface area contributed by atoms with E-state index in [1.165, 1.54) is 0 Å². The molecule has 1 radical (unpaired) electrons. The molecular weight excluding hydrogens is 137 g/mol. The van der Waals surface area contributed by atoms with Crippen LogP contribution in [0.1, 0.15) is 10.5 Å². The maximum Gasteiger partial charge on any atom is 0.309 e. The topological polar surface area (TPSA) is 68.9 Å². The van der Waals surface area contributed by atoms with Crippen LogP contribution in [0, 0.1) is 12.3 Å². The second-order valence-electron chi connectivity index (χ2n) is 1.52. The molecule has 1 amide bonds. The molecule has 1 aromatic heterocycles. The highest BCUT2D eigenvalue weighted by Gasteiger charge is 2.02. The van der Waals surface area contributed by atoms with Gasteiger partial charge in [0.15, 0.2) is 0 Å². The summed E-state index contributed by atoms with van der Waals surface area (Å²) >= 11 is 0. The van der Waals surface area contributed by atoms with E-state index in [1.807, 2.05) is 0 Å². The summed E-state index contributed by atoms with van der Waals surface area (Å²) in [6, 6.07) is 1.12. The highest BCUT2D eigenvalue weighted by molar-refractivity contribution is 5.90. The average Bonchev–Trinajstić information content (AvgIpc) is 1.88. The van der Waals surface area contributed by atoms with Gasteiger partial charge >= 0.3 is 6.08 Å². The Bertz CT molecular complexity index is 263. The van der Waals surface area contributed by atoms with E-state index in [1.54, 1.807) is 0 Å². The third-order valence-corrected chi connectivity index (χ3v) is 0.823. The number of nitrogens with two attached hydrogens (primary N) is 1. The smallest absolute Gasteiger partial charge is 0.309 e. The zero-order valence-corrected chi connectivity index (χ0v) is 4.84. The molecule has 10 heavy (non-hydrogen) atoms. The van der Waals surface area contributed by atoms with Crippen LogP contribution < -0.4 is 5.73 Å². The number of primary amides is 1. The van der Waals surface area contributed by atoms with Crippen LogP contribution in [0.2, 0.25) is 0 Å². The first kappa shape index (κ1) is 6.60. The summed E-state index contributed by atoms with van der Waals surface area (Å²) in [5, 5.41) is 0. The Balaban J connectivity index is 3.07. The maximum absolute atomic E-state index is 12.1. The number of hydrogen-bond acceptors (Lipinski definition) is 3. The van der Waals surface area contributed by atoms with E-state index >= 15 is 0 Å². The molecule has 0 spiro atoms. The van der Waals surface area contributed by atoms with Crippen molar-refractivity contribution in [3.63, 3.8) is 0 Å². The maximum atomic E-state index is 12.1. The van der Waals surface area contributed by atoms with Crippen molar-refractivity contribution in [2.45, 2.75) is 0 Å². The monoisotopic (exact) mass is 140 g/mol. The molecule has 1 heterocycles. The molecule has 0 bridgehead atoms. The van der Waals surface area contributed by atoms with Crippen LogP contribution in [0.5, 0.6) is 0 Å². The number of amides is 1. The van der Waals surface area contributed by atoms with Crippen LogP contribution in [-0.2, 0) is 0 Å². The van der Waals surface area contributed by atoms with E-state index in [4.69, 9.17) is 5.73 Å². The van der Waals surface area contributed by atoms with Gasteiger partial charge in [-0.2, -0.15) is 9.37 Å². The van der Waals surface area contributed by atoms with Gasteiger partial charge in [0.05, 0.1) is 6.20 Å². The fraction of sp³-hybridized carbons (Fsp3) is 0. The number of aromatic nitrogens is 2. The fourth-order valence-corrected chi connectivity index (χ4v) is 0.430. The van der Waals surface area contributed by atoms with E-state index in [-0.39, 0.29) is 5.69 Å². The van der Waals surface area contributed by atoms with Crippen molar-refractivity contribution in [2.24, 2.45) is 5.73 Å². The van der Waals surface area contributed by atoms with Gasteiger partial charge in [0.1, 0.15) is 5.69 Å². The molecule has 4 nitrogen and oxygen atoms in total. The number of halogens is 1. The summed E-state index contributed by atoms with van der Waals surface area (Å²) < 4.78 is 12.1. The lowest BCUT2D eigenvalue weighted by Gasteiger charge is -1.89. The molecule has 51 valence electrons. The molecule has 2 N–H and O–H groups in total. The Hall–Kier alpha value is -1.52. The van der Waals surface area contributed by atoms with Gasteiger partial charge in [-0.3, -0.25) is 4.79 Å². The minimum absolute atomic E-state index is 0.174. The van der Waals surface area contributed by atoms with Crippen molar-refractivity contribution in [1.29, 1.82) is 0 Å². The molecule has 0 aliphatic carbocycles. The summed E-state index contributed by atoms with van der Waals surface area (Å²) in [5.74, 6) is -0.794. The number of rotatable bonds is 1. The van der Waals surface area contributed by atoms with E-state index in [2.05, 4.69) is 16.2 Å². The minimum atomic E-state index is -1.00. The highest BCUT2D eigenvalue weighted by Crippen LogP contribution is 1.90. The van der Waals surface area contributed by atoms with Gasteiger partial charge in [0, 0.05) is 0 Å². The zero-order chi connectivity index (χ0) is 7.56. The lowest BCUT2D eigenvalue weighted by molar-refractivity contribution is 0.0994. The third-order valence-electron chi connectivity index (χ3n) is 0.823. The molecule has 0 aromatic carbocycles. The largest absolute Gasteiger partial charge is 0.364 e. The lowest BCUT2D eigenvalue weighted by atomic mass is 10.4. The van der Waals surface area contributed by atoms with Crippen molar-refractivity contribution >= 4 is 5.91 Å². The first-order chi connectivity index (χ1) is 4.70. The summed E-state index contributed by atoms with van der Waals surface area (Å²) in [6.45, 7) is 0. The Morgan fingerprint density at radius 3 is 2.90 bits per heavy atom. The van der Waals surface area contributed by atoms with E-state index in [0.717, 1.165) is 6.07 Å². The second kappa shape index (κ2) is 2.38. The van der Waals surface area contributed by atoms with Crippen molar-refractivity contribution in [3.05, 3.63) is 24.0 Å². The number of nitrogens with zero attached hydrogens (tertiary/aromatic N) is 2. The fourth-order valence-electron chi connectivity index (χ4n) is 0.430. The van der Waals surface area contributed by atoms with Crippen LogP contribution in [0.15, 0.2) is 6.07 Å². The predicted molar refractivity (Wildman–Crippen MR) is 29.3 cm³/mol. The normalized spacial score (nSPS) is 9.30. The third kappa shape index (κ3) is 1.25. The van der Waals surface area contributed by atoms with Gasteiger partial charge < -0.3 is 5.73 Å². The van der Waals surface area contributed by atoms with Crippen molar-refractivity contribution < 1.29 is 9.18 Å². The molecule has 0 atom stereocenters. The Kier molecular flexibility index (Phi) is 1.57. The summed E-state index contributed by atoms with van der Waals surface area (Å²) in [7, 11) is 0. The molecule has 0 aliphatic rings. The first-order valence-electron chi connectivity index (χ1n) is 2.40. The van der Waals surface area contributed by atoms with Gasteiger partial charge in [0.2, 0.25) is 0 Å². The molecule has 0 saturated heterocycles. The quantitative estimate of drug-likeness (QED) is 0.535. The molecular formula is C5H3FN3O. The second-order valence-corrected chi connectivity index (χ2v) is 1.52. The summed E-state index contributed by atoms with van der Waals surface area (Å²) in [5.41, 5.74) is 4.59. The standard InChI is InChI=1S/C5H3FN3O/c6-5-8-2-1-3(9-5)4(7)10/h1H,(H2,7,10). The van der Waals surface area contributed by atoms with E-state index in [0.29, 0.717) is 0 Å². The molecule has 5 heteroatoms. The van der Waals surface area contributed by atoms with Crippen LogP contribution >= 0.6 is 0 Å². The molecule has 0 saturated carbocycles. The predicted octanol–water partition coefficient (Wildman–Crippen LogP) is -0.485. The SMILES string of the molecule is NC(=O)c1c[c]nc(F)n1. The van der Waals surface area contributed by atoms with Gasteiger partial charge in [0.25, 0.3) is 5.91 Å². The van der Waals surface area contributed by atoms with Crippen LogP contribution in [0.3, 0.4) is 0 Å². The Labute approximate surface area is 55.9 Å². The number of carbonyl (C=O) groups is 1. The van der Waals surface area contributed by atoms with Crippen LogP contribution in [-0.4, -0.2) is 15.9 Å². The van der Waals surface area contributed by atoms with Gasteiger partial charge in [-0.1, -0.05) is 0 Å².